The van der Waals surface area contributed by atoms with Crippen LogP contribution in [0.2, 0.25) is 0 Å². The third-order valence-corrected chi connectivity index (χ3v) is 2.11. The lowest BCUT2D eigenvalue weighted by molar-refractivity contribution is -0.386. The van der Waals surface area contributed by atoms with Gasteiger partial charge < -0.3 is 0 Å². The molecule has 0 aliphatic rings. The van der Waals surface area contributed by atoms with Crippen LogP contribution in [0, 0.1) is 10.1 Å². The molecule has 5 nitrogen and oxygen atoms in total. The Morgan fingerprint density at radius 2 is 2.29 bits per heavy atom. The van der Waals surface area contributed by atoms with Crippen molar-refractivity contribution in [2.75, 3.05) is 0 Å². The molecule has 0 aromatic carbocycles. The molecular formula is C9H10N2O3. The summed E-state index contributed by atoms with van der Waals surface area (Å²) in [5.74, 6) is -0.558. The summed E-state index contributed by atoms with van der Waals surface area (Å²) >= 11 is 0. The van der Waals surface area contributed by atoms with Crippen molar-refractivity contribution in [3.63, 3.8) is 0 Å². The van der Waals surface area contributed by atoms with Gasteiger partial charge >= 0.3 is 0 Å². The number of nitro groups is 1. The van der Waals surface area contributed by atoms with Crippen LogP contribution in [0.5, 0.6) is 0 Å². The molecule has 0 saturated heterocycles. The second kappa shape index (κ2) is 3.95. The maximum Gasteiger partial charge on any atom is 0.291 e. The maximum absolute atomic E-state index is 11.1. The van der Waals surface area contributed by atoms with Crippen molar-refractivity contribution in [2.24, 2.45) is 0 Å². The van der Waals surface area contributed by atoms with Crippen LogP contribution in [-0.2, 0) is 4.79 Å². The Balaban J connectivity index is 3.19. The second-order valence-corrected chi connectivity index (χ2v) is 3.02. The zero-order valence-corrected chi connectivity index (χ0v) is 7.93. The molecule has 0 radical (unpaired) electrons. The zero-order chi connectivity index (χ0) is 10.7. The number of ketones is 1. The molecule has 1 aromatic rings. The lowest BCUT2D eigenvalue weighted by Gasteiger charge is -2.07. The minimum Gasteiger partial charge on any atom is -0.299 e. The molecule has 1 heterocycles. The minimum absolute atomic E-state index is 0.0979. The summed E-state index contributed by atoms with van der Waals surface area (Å²) in [5.41, 5.74) is 0.313. The van der Waals surface area contributed by atoms with E-state index in [0.29, 0.717) is 5.56 Å². The van der Waals surface area contributed by atoms with E-state index >= 15 is 0 Å². The Hall–Kier alpha value is -1.78. The Morgan fingerprint density at radius 1 is 1.64 bits per heavy atom. The quantitative estimate of drug-likeness (QED) is 0.542. The van der Waals surface area contributed by atoms with Gasteiger partial charge in [-0.15, -0.1) is 0 Å². The Morgan fingerprint density at radius 3 is 2.79 bits per heavy atom. The van der Waals surface area contributed by atoms with Crippen LogP contribution in [0.4, 0.5) is 5.69 Å². The normalized spacial score (nSPS) is 12.1. The van der Waals surface area contributed by atoms with E-state index in [-0.39, 0.29) is 11.5 Å². The van der Waals surface area contributed by atoms with Crippen LogP contribution >= 0.6 is 0 Å². The molecule has 0 saturated carbocycles. The smallest absolute Gasteiger partial charge is 0.291 e. The number of nitrogens with zero attached hydrogens (tertiary/aromatic N) is 2. The molecule has 74 valence electrons. The number of hydrogen-bond acceptors (Lipinski definition) is 4. The van der Waals surface area contributed by atoms with E-state index in [1.807, 2.05) is 0 Å². The van der Waals surface area contributed by atoms with E-state index in [4.69, 9.17) is 0 Å². The molecule has 1 unspecified atom stereocenters. The summed E-state index contributed by atoms with van der Waals surface area (Å²) in [6.45, 7) is 3.06. The Labute approximate surface area is 80.9 Å². The van der Waals surface area contributed by atoms with Gasteiger partial charge in [-0.25, -0.2) is 0 Å². The highest BCUT2D eigenvalue weighted by atomic mass is 16.6. The molecule has 1 atom stereocenters. The van der Waals surface area contributed by atoms with Gasteiger partial charge in [0.2, 0.25) is 0 Å². The summed E-state index contributed by atoms with van der Waals surface area (Å²) in [7, 11) is 0. The van der Waals surface area contributed by atoms with E-state index in [1.54, 1.807) is 6.92 Å². The van der Waals surface area contributed by atoms with Crippen molar-refractivity contribution < 1.29 is 9.72 Å². The predicted molar refractivity (Wildman–Crippen MR) is 50.0 cm³/mol. The molecule has 0 N–H and O–H groups in total. The third-order valence-electron chi connectivity index (χ3n) is 2.11. The standard InChI is InChI=1S/C9H10N2O3/c1-6(7(2)12)8-3-4-10-5-9(8)11(13)14/h3-6H,1-2H3. The molecule has 1 rings (SSSR count). The first-order valence-electron chi connectivity index (χ1n) is 4.12. The van der Waals surface area contributed by atoms with Gasteiger partial charge in [0.1, 0.15) is 12.0 Å². The molecule has 0 aliphatic heterocycles. The Kier molecular flexibility index (Phi) is 2.91. The number of hydrogen-bond donors (Lipinski definition) is 0. The number of carbonyl (C=O) groups excluding carboxylic acids is 1. The third kappa shape index (κ3) is 1.93. The molecule has 0 bridgehead atoms. The van der Waals surface area contributed by atoms with Crippen molar-refractivity contribution in [1.29, 1.82) is 0 Å². The number of pyridine rings is 1. The first kappa shape index (κ1) is 10.3. The predicted octanol–water partition coefficient (Wildman–Crippen LogP) is 1.68. The van der Waals surface area contributed by atoms with Crippen LogP contribution in [-0.4, -0.2) is 15.7 Å². The first-order chi connectivity index (χ1) is 6.54. The number of carbonyl (C=O) groups is 1. The number of Topliss-reactive ketones (excluding diaryl/α,β-unsaturated/α-hetero) is 1. The van der Waals surface area contributed by atoms with Crippen molar-refractivity contribution in [3.8, 4) is 0 Å². The van der Waals surface area contributed by atoms with Crippen molar-refractivity contribution in [3.05, 3.63) is 34.1 Å². The van der Waals surface area contributed by atoms with Gasteiger partial charge in [0.25, 0.3) is 5.69 Å². The largest absolute Gasteiger partial charge is 0.299 e. The maximum atomic E-state index is 11.1. The lowest BCUT2D eigenvalue weighted by Crippen LogP contribution is -2.07. The van der Waals surface area contributed by atoms with E-state index in [9.17, 15) is 14.9 Å². The summed E-state index contributed by atoms with van der Waals surface area (Å²) in [4.78, 5) is 24.8. The fourth-order valence-corrected chi connectivity index (χ4v) is 1.13. The topological polar surface area (TPSA) is 73.1 Å². The number of aromatic nitrogens is 1. The molecule has 0 fully saturated rings. The average Bonchev–Trinajstić information content (AvgIpc) is 2.16. The van der Waals surface area contributed by atoms with Crippen LogP contribution in [0.1, 0.15) is 25.3 Å². The molecule has 0 aliphatic carbocycles. The molecule has 0 amide bonds. The minimum atomic E-state index is -0.526. The van der Waals surface area contributed by atoms with E-state index in [2.05, 4.69) is 4.98 Å². The average molecular weight is 194 g/mol. The SMILES string of the molecule is CC(=O)C(C)c1ccncc1[N+](=O)[O-]. The molecular weight excluding hydrogens is 184 g/mol. The highest BCUT2D eigenvalue weighted by Gasteiger charge is 2.21. The van der Waals surface area contributed by atoms with Gasteiger partial charge in [-0.3, -0.25) is 19.9 Å². The summed E-state index contributed by atoms with van der Waals surface area (Å²) < 4.78 is 0. The van der Waals surface area contributed by atoms with Crippen LogP contribution < -0.4 is 0 Å². The summed E-state index contributed by atoms with van der Waals surface area (Å²) in [6.07, 6.45) is 2.61. The second-order valence-electron chi connectivity index (χ2n) is 3.02. The molecule has 0 spiro atoms. The fourth-order valence-electron chi connectivity index (χ4n) is 1.13. The van der Waals surface area contributed by atoms with E-state index in [0.717, 1.165) is 6.20 Å². The summed E-state index contributed by atoms with van der Waals surface area (Å²) in [6, 6.07) is 1.50. The van der Waals surface area contributed by atoms with Gasteiger partial charge in [-0.05, 0) is 13.0 Å². The van der Waals surface area contributed by atoms with Crippen molar-refractivity contribution >= 4 is 11.5 Å². The summed E-state index contributed by atoms with van der Waals surface area (Å²) in [5, 5.41) is 10.6. The van der Waals surface area contributed by atoms with E-state index < -0.39 is 10.8 Å². The highest BCUT2D eigenvalue weighted by Crippen LogP contribution is 2.25. The van der Waals surface area contributed by atoms with Gasteiger partial charge in [0.05, 0.1) is 4.92 Å². The van der Waals surface area contributed by atoms with Gasteiger partial charge in [0, 0.05) is 17.7 Å². The molecule has 1 aromatic heterocycles. The molecule has 14 heavy (non-hydrogen) atoms. The van der Waals surface area contributed by atoms with Crippen molar-refractivity contribution in [2.45, 2.75) is 19.8 Å². The monoisotopic (exact) mass is 194 g/mol. The van der Waals surface area contributed by atoms with Gasteiger partial charge in [0.15, 0.2) is 0 Å². The van der Waals surface area contributed by atoms with Gasteiger partial charge in [-0.1, -0.05) is 6.92 Å². The Bertz CT molecular complexity index is 376. The number of rotatable bonds is 3. The van der Waals surface area contributed by atoms with Crippen LogP contribution in [0.25, 0.3) is 0 Å². The first-order valence-corrected chi connectivity index (χ1v) is 4.12. The van der Waals surface area contributed by atoms with E-state index in [1.165, 1.54) is 19.2 Å². The molecule has 5 heteroatoms. The highest BCUT2D eigenvalue weighted by molar-refractivity contribution is 5.84. The zero-order valence-electron chi connectivity index (χ0n) is 7.93. The van der Waals surface area contributed by atoms with Crippen LogP contribution in [0.3, 0.4) is 0 Å². The fraction of sp³-hybridized carbons (Fsp3) is 0.333. The lowest BCUT2D eigenvalue weighted by atomic mass is 9.97. The van der Waals surface area contributed by atoms with Crippen LogP contribution in [0.15, 0.2) is 18.5 Å². The van der Waals surface area contributed by atoms with Crippen molar-refractivity contribution in [1.82, 2.24) is 4.98 Å². The van der Waals surface area contributed by atoms with Gasteiger partial charge in [-0.2, -0.15) is 0 Å².